The standard InChI is InChI=1S/C8H15N3/c1-7-6-10-11-8(7)4-2-3-5-9/h6H,2-5,9H2,1H3,(H,10,11). The molecule has 3 heteroatoms. The van der Waals surface area contributed by atoms with Crippen molar-refractivity contribution >= 4 is 0 Å². The molecule has 0 spiro atoms. The van der Waals surface area contributed by atoms with Gasteiger partial charge >= 0.3 is 0 Å². The predicted octanol–water partition coefficient (Wildman–Crippen LogP) is 1.000. The van der Waals surface area contributed by atoms with E-state index in [-0.39, 0.29) is 0 Å². The van der Waals surface area contributed by atoms with Crippen LogP contribution in [0, 0.1) is 6.92 Å². The molecule has 11 heavy (non-hydrogen) atoms. The molecule has 1 aromatic rings. The Hall–Kier alpha value is -0.830. The summed E-state index contributed by atoms with van der Waals surface area (Å²) in [6, 6.07) is 0. The Morgan fingerprint density at radius 2 is 2.36 bits per heavy atom. The van der Waals surface area contributed by atoms with Gasteiger partial charge in [-0.3, -0.25) is 5.10 Å². The molecule has 0 aromatic carbocycles. The Morgan fingerprint density at radius 3 is 2.91 bits per heavy atom. The summed E-state index contributed by atoms with van der Waals surface area (Å²) >= 11 is 0. The first kappa shape index (κ1) is 8.27. The molecule has 0 radical (unpaired) electrons. The van der Waals surface area contributed by atoms with Crippen molar-refractivity contribution in [3.63, 3.8) is 0 Å². The molecule has 0 atom stereocenters. The first-order valence-corrected chi connectivity index (χ1v) is 4.03. The Morgan fingerprint density at radius 1 is 1.55 bits per heavy atom. The van der Waals surface area contributed by atoms with Crippen molar-refractivity contribution in [3.8, 4) is 0 Å². The SMILES string of the molecule is Cc1cn[nH]c1CCCCN. The molecule has 0 fully saturated rings. The van der Waals surface area contributed by atoms with E-state index in [1.165, 1.54) is 11.3 Å². The number of aryl methyl sites for hydroxylation is 2. The average Bonchev–Trinajstić information content (AvgIpc) is 2.37. The van der Waals surface area contributed by atoms with Crippen molar-refractivity contribution in [3.05, 3.63) is 17.5 Å². The number of unbranched alkanes of at least 4 members (excludes halogenated alkanes) is 1. The lowest BCUT2D eigenvalue weighted by atomic mass is 10.1. The lowest BCUT2D eigenvalue weighted by molar-refractivity contribution is 0.727. The van der Waals surface area contributed by atoms with E-state index in [1.807, 2.05) is 6.20 Å². The Bertz CT molecular complexity index is 205. The zero-order valence-electron chi connectivity index (χ0n) is 6.93. The first-order chi connectivity index (χ1) is 5.34. The second kappa shape index (κ2) is 4.13. The van der Waals surface area contributed by atoms with Crippen LogP contribution >= 0.6 is 0 Å². The van der Waals surface area contributed by atoms with Crippen LogP contribution in [0.15, 0.2) is 6.20 Å². The van der Waals surface area contributed by atoms with Crippen molar-refractivity contribution in [1.29, 1.82) is 0 Å². The van der Waals surface area contributed by atoms with Gasteiger partial charge in [0.05, 0.1) is 6.20 Å². The van der Waals surface area contributed by atoms with Gasteiger partial charge in [0, 0.05) is 5.69 Å². The molecule has 0 amide bonds. The quantitative estimate of drug-likeness (QED) is 0.634. The highest BCUT2D eigenvalue weighted by Crippen LogP contribution is 2.05. The fraction of sp³-hybridized carbons (Fsp3) is 0.625. The molecule has 1 aromatic heterocycles. The third kappa shape index (κ3) is 2.35. The van der Waals surface area contributed by atoms with Crippen molar-refractivity contribution in [1.82, 2.24) is 10.2 Å². The number of aromatic nitrogens is 2. The molecule has 0 saturated carbocycles. The van der Waals surface area contributed by atoms with Crippen LogP contribution in [0.1, 0.15) is 24.1 Å². The highest BCUT2D eigenvalue weighted by Gasteiger charge is 1.98. The average molecular weight is 153 g/mol. The minimum absolute atomic E-state index is 0.785. The van der Waals surface area contributed by atoms with Crippen LogP contribution < -0.4 is 5.73 Å². The summed E-state index contributed by atoms with van der Waals surface area (Å²) in [5.74, 6) is 0. The Balaban J connectivity index is 2.32. The molecule has 0 saturated heterocycles. The topological polar surface area (TPSA) is 54.7 Å². The first-order valence-electron chi connectivity index (χ1n) is 4.03. The van der Waals surface area contributed by atoms with E-state index in [2.05, 4.69) is 17.1 Å². The van der Waals surface area contributed by atoms with Crippen LogP contribution in [0.5, 0.6) is 0 Å². The molecular weight excluding hydrogens is 138 g/mol. The van der Waals surface area contributed by atoms with Gasteiger partial charge in [0.2, 0.25) is 0 Å². The van der Waals surface area contributed by atoms with Gasteiger partial charge in [-0.05, 0) is 38.3 Å². The molecule has 3 N–H and O–H groups in total. The van der Waals surface area contributed by atoms with Crippen molar-refractivity contribution in [2.24, 2.45) is 5.73 Å². The van der Waals surface area contributed by atoms with E-state index in [1.54, 1.807) is 0 Å². The van der Waals surface area contributed by atoms with Crippen molar-refractivity contribution < 1.29 is 0 Å². The summed E-state index contributed by atoms with van der Waals surface area (Å²) in [6.45, 7) is 2.86. The largest absolute Gasteiger partial charge is 0.330 e. The second-order valence-electron chi connectivity index (χ2n) is 2.78. The Labute approximate surface area is 67.0 Å². The van der Waals surface area contributed by atoms with Gasteiger partial charge in [-0.1, -0.05) is 0 Å². The molecule has 1 heterocycles. The summed E-state index contributed by atoms with van der Waals surface area (Å²) < 4.78 is 0. The fourth-order valence-electron chi connectivity index (χ4n) is 1.07. The lowest BCUT2D eigenvalue weighted by Crippen LogP contribution is -1.99. The van der Waals surface area contributed by atoms with Crippen LogP contribution in [0.3, 0.4) is 0 Å². The van der Waals surface area contributed by atoms with Crippen LogP contribution in [0.4, 0.5) is 0 Å². The van der Waals surface area contributed by atoms with E-state index in [9.17, 15) is 0 Å². The molecule has 0 aliphatic heterocycles. The number of hydrogen-bond donors (Lipinski definition) is 2. The molecule has 62 valence electrons. The molecule has 3 nitrogen and oxygen atoms in total. The zero-order valence-corrected chi connectivity index (χ0v) is 6.93. The van der Waals surface area contributed by atoms with Crippen LogP contribution in [-0.4, -0.2) is 16.7 Å². The van der Waals surface area contributed by atoms with Crippen LogP contribution in [-0.2, 0) is 6.42 Å². The van der Waals surface area contributed by atoms with Crippen molar-refractivity contribution in [2.45, 2.75) is 26.2 Å². The normalized spacial score (nSPS) is 10.4. The third-order valence-electron chi connectivity index (χ3n) is 1.81. The summed E-state index contributed by atoms with van der Waals surface area (Å²) in [4.78, 5) is 0. The van der Waals surface area contributed by atoms with Gasteiger partial charge in [-0.25, -0.2) is 0 Å². The van der Waals surface area contributed by atoms with Gasteiger partial charge in [-0.15, -0.1) is 0 Å². The fourth-order valence-corrected chi connectivity index (χ4v) is 1.07. The molecule has 0 bridgehead atoms. The molecule has 0 unspecified atom stereocenters. The maximum absolute atomic E-state index is 5.38. The number of nitrogens with zero attached hydrogens (tertiary/aromatic N) is 1. The summed E-state index contributed by atoms with van der Waals surface area (Å²) in [5.41, 5.74) is 7.88. The van der Waals surface area contributed by atoms with Gasteiger partial charge in [0.25, 0.3) is 0 Å². The minimum atomic E-state index is 0.785. The van der Waals surface area contributed by atoms with Crippen LogP contribution in [0.2, 0.25) is 0 Å². The number of nitrogens with two attached hydrogens (primary N) is 1. The van der Waals surface area contributed by atoms with E-state index in [0.29, 0.717) is 0 Å². The van der Waals surface area contributed by atoms with E-state index in [0.717, 1.165) is 25.8 Å². The Kier molecular flexibility index (Phi) is 3.11. The van der Waals surface area contributed by atoms with Gasteiger partial charge in [0.1, 0.15) is 0 Å². The highest BCUT2D eigenvalue weighted by molar-refractivity contribution is 5.13. The number of nitrogens with one attached hydrogen (secondary N) is 1. The summed E-state index contributed by atoms with van der Waals surface area (Å²) in [7, 11) is 0. The monoisotopic (exact) mass is 153 g/mol. The summed E-state index contributed by atoms with van der Waals surface area (Å²) in [6.07, 6.45) is 5.18. The van der Waals surface area contributed by atoms with E-state index in [4.69, 9.17) is 5.73 Å². The molecule has 1 rings (SSSR count). The second-order valence-corrected chi connectivity index (χ2v) is 2.78. The maximum atomic E-state index is 5.38. The van der Waals surface area contributed by atoms with Crippen molar-refractivity contribution in [2.75, 3.05) is 6.54 Å². The number of hydrogen-bond acceptors (Lipinski definition) is 2. The smallest absolute Gasteiger partial charge is 0.0519 e. The zero-order chi connectivity index (χ0) is 8.10. The highest BCUT2D eigenvalue weighted by atomic mass is 15.1. The predicted molar refractivity (Wildman–Crippen MR) is 45.3 cm³/mol. The van der Waals surface area contributed by atoms with Gasteiger partial charge in [0.15, 0.2) is 0 Å². The summed E-state index contributed by atoms with van der Waals surface area (Å²) in [5, 5.41) is 6.92. The molecule has 0 aliphatic carbocycles. The minimum Gasteiger partial charge on any atom is -0.330 e. The van der Waals surface area contributed by atoms with E-state index >= 15 is 0 Å². The number of aromatic amines is 1. The lowest BCUT2D eigenvalue weighted by Gasteiger charge is -1.96. The molecule has 0 aliphatic rings. The van der Waals surface area contributed by atoms with Gasteiger partial charge in [-0.2, -0.15) is 5.10 Å². The van der Waals surface area contributed by atoms with Crippen LogP contribution in [0.25, 0.3) is 0 Å². The van der Waals surface area contributed by atoms with Gasteiger partial charge < -0.3 is 5.73 Å². The number of H-pyrrole nitrogens is 1. The molecular formula is C8H15N3. The van der Waals surface area contributed by atoms with E-state index < -0.39 is 0 Å². The number of rotatable bonds is 4. The third-order valence-corrected chi connectivity index (χ3v) is 1.81. The maximum Gasteiger partial charge on any atom is 0.0519 e.